The molecule has 1 amide bonds. The molecule has 4 N–H and O–H groups in total. The second kappa shape index (κ2) is 8.67. The van der Waals surface area contributed by atoms with Crippen molar-refractivity contribution in [2.75, 3.05) is 16.4 Å². The molecule has 27 heavy (non-hydrogen) atoms. The van der Waals surface area contributed by atoms with Crippen LogP contribution in [0.2, 0.25) is 0 Å². The Morgan fingerprint density at radius 3 is 2.56 bits per heavy atom. The summed E-state index contributed by atoms with van der Waals surface area (Å²) in [5, 5.41) is 6.03. The summed E-state index contributed by atoms with van der Waals surface area (Å²) in [6.07, 6.45) is 4.90. The number of nitrogens with two attached hydrogens (primary N) is 1. The van der Waals surface area contributed by atoms with E-state index in [1.165, 1.54) is 17.2 Å². The molecule has 0 bridgehead atoms. The molecule has 5 nitrogen and oxygen atoms in total. The Hall–Kier alpha value is -3.60. The van der Waals surface area contributed by atoms with Crippen LogP contribution in [-0.4, -0.2) is 10.9 Å². The number of nitrogens with zero attached hydrogens (tertiary/aromatic N) is 1. The number of carbonyl (C=O) groups is 1. The minimum Gasteiger partial charge on any atom is -0.397 e. The van der Waals surface area contributed by atoms with Gasteiger partial charge in [0.25, 0.3) is 0 Å². The Bertz CT molecular complexity index is 931. The molecule has 0 atom stereocenters. The highest BCUT2D eigenvalue weighted by molar-refractivity contribution is 6.03. The molecule has 1 aromatic heterocycles. The first-order valence-corrected chi connectivity index (χ1v) is 8.69. The first-order valence-electron chi connectivity index (χ1n) is 8.69. The molecule has 2 aromatic carbocycles. The number of nitrogen functional groups attached to an aromatic ring is 1. The topological polar surface area (TPSA) is 80.0 Å². The van der Waals surface area contributed by atoms with Crippen molar-refractivity contribution in [3.05, 3.63) is 89.6 Å². The van der Waals surface area contributed by atoms with Crippen LogP contribution in [0.15, 0.2) is 72.9 Å². The molecule has 0 radical (unpaired) electrons. The third-order valence-electron chi connectivity index (χ3n) is 4.03. The van der Waals surface area contributed by atoms with Gasteiger partial charge in [0, 0.05) is 18.8 Å². The van der Waals surface area contributed by atoms with Crippen molar-refractivity contribution in [2.45, 2.75) is 13.5 Å². The van der Waals surface area contributed by atoms with Gasteiger partial charge in [-0.1, -0.05) is 42.0 Å². The number of aromatic nitrogens is 1. The van der Waals surface area contributed by atoms with E-state index in [0.29, 0.717) is 17.9 Å². The Labute approximate surface area is 159 Å². The fourth-order valence-corrected chi connectivity index (χ4v) is 2.46. The van der Waals surface area contributed by atoms with Crippen LogP contribution in [0.25, 0.3) is 6.08 Å². The molecule has 0 saturated carbocycles. The second-order valence-electron chi connectivity index (χ2n) is 6.23. The van der Waals surface area contributed by atoms with Gasteiger partial charge >= 0.3 is 0 Å². The Morgan fingerprint density at radius 2 is 1.85 bits per heavy atom. The van der Waals surface area contributed by atoms with Gasteiger partial charge in [-0.25, -0.2) is 4.98 Å². The number of para-hydroxylation sites is 2. The zero-order valence-corrected chi connectivity index (χ0v) is 15.1. The van der Waals surface area contributed by atoms with Crippen LogP contribution in [0.4, 0.5) is 17.2 Å². The van der Waals surface area contributed by atoms with E-state index in [9.17, 15) is 4.79 Å². The molecular weight excluding hydrogens is 336 g/mol. The standard InChI is InChI=1S/C22H22N4O/c1-16-6-8-17(9-7-16)14-24-21-12-10-18(15-25-21)11-13-22(27)26-20-5-3-2-4-19(20)23/h2-13,15H,14,23H2,1H3,(H,24,25)(H,26,27)/b13-11-. The van der Waals surface area contributed by atoms with Crippen LogP contribution in [-0.2, 0) is 11.3 Å². The smallest absolute Gasteiger partial charge is 0.248 e. The summed E-state index contributed by atoms with van der Waals surface area (Å²) in [7, 11) is 0. The highest BCUT2D eigenvalue weighted by atomic mass is 16.1. The molecule has 0 saturated heterocycles. The van der Waals surface area contributed by atoms with Crippen LogP contribution >= 0.6 is 0 Å². The Balaban J connectivity index is 1.53. The normalized spacial score (nSPS) is 10.7. The third kappa shape index (κ3) is 5.44. The molecule has 1 heterocycles. The number of benzene rings is 2. The number of pyridine rings is 1. The fraction of sp³-hybridized carbons (Fsp3) is 0.0909. The SMILES string of the molecule is Cc1ccc(CNc2ccc(/C=C\C(=O)Nc3ccccc3N)cn2)cc1. The van der Waals surface area contributed by atoms with Crippen molar-refractivity contribution in [1.82, 2.24) is 4.98 Å². The highest BCUT2D eigenvalue weighted by Gasteiger charge is 2.01. The maximum absolute atomic E-state index is 12.0. The lowest BCUT2D eigenvalue weighted by Crippen LogP contribution is -2.09. The van der Waals surface area contributed by atoms with Crippen LogP contribution in [0.3, 0.4) is 0 Å². The highest BCUT2D eigenvalue weighted by Crippen LogP contribution is 2.16. The van der Waals surface area contributed by atoms with Crippen molar-refractivity contribution in [3.63, 3.8) is 0 Å². The zero-order chi connectivity index (χ0) is 19.1. The number of aryl methyl sites for hydroxylation is 1. The summed E-state index contributed by atoms with van der Waals surface area (Å²) in [5.74, 6) is 0.545. The summed E-state index contributed by atoms with van der Waals surface area (Å²) in [6, 6.07) is 19.3. The largest absolute Gasteiger partial charge is 0.397 e. The quantitative estimate of drug-likeness (QED) is 0.455. The fourth-order valence-electron chi connectivity index (χ4n) is 2.46. The Morgan fingerprint density at radius 1 is 1.07 bits per heavy atom. The summed E-state index contributed by atoms with van der Waals surface area (Å²) < 4.78 is 0. The number of amides is 1. The first-order chi connectivity index (χ1) is 13.1. The minimum absolute atomic E-state index is 0.241. The van der Waals surface area contributed by atoms with E-state index in [2.05, 4.69) is 46.8 Å². The van der Waals surface area contributed by atoms with Gasteiger partial charge in [-0.15, -0.1) is 0 Å². The van der Waals surface area contributed by atoms with Gasteiger partial charge in [-0.05, 0) is 48.4 Å². The van der Waals surface area contributed by atoms with Crippen molar-refractivity contribution in [3.8, 4) is 0 Å². The van der Waals surface area contributed by atoms with E-state index in [1.807, 2.05) is 24.3 Å². The van der Waals surface area contributed by atoms with Crippen molar-refractivity contribution in [2.24, 2.45) is 0 Å². The number of hydrogen-bond acceptors (Lipinski definition) is 4. The summed E-state index contributed by atoms with van der Waals surface area (Å²) in [5.41, 5.74) is 10.2. The van der Waals surface area contributed by atoms with Crippen LogP contribution in [0.1, 0.15) is 16.7 Å². The average Bonchev–Trinajstić information content (AvgIpc) is 2.68. The molecule has 3 rings (SSSR count). The van der Waals surface area contributed by atoms with Crippen molar-refractivity contribution in [1.29, 1.82) is 0 Å². The van der Waals surface area contributed by atoms with Gasteiger partial charge in [0.1, 0.15) is 5.82 Å². The van der Waals surface area contributed by atoms with Crippen molar-refractivity contribution < 1.29 is 4.79 Å². The zero-order valence-electron chi connectivity index (χ0n) is 15.1. The minimum atomic E-state index is -0.241. The molecule has 136 valence electrons. The van der Waals surface area contributed by atoms with E-state index in [1.54, 1.807) is 24.4 Å². The van der Waals surface area contributed by atoms with E-state index >= 15 is 0 Å². The first kappa shape index (κ1) is 18.2. The van der Waals surface area contributed by atoms with E-state index in [0.717, 1.165) is 11.4 Å². The predicted octanol–water partition coefficient (Wildman–Crippen LogP) is 4.24. The molecule has 5 heteroatoms. The lowest BCUT2D eigenvalue weighted by molar-refractivity contribution is -0.111. The number of rotatable bonds is 6. The number of carbonyl (C=O) groups excluding carboxylic acids is 1. The second-order valence-corrected chi connectivity index (χ2v) is 6.23. The van der Waals surface area contributed by atoms with Gasteiger partial charge in [0.05, 0.1) is 11.4 Å². The predicted molar refractivity (Wildman–Crippen MR) is 111 cm³/mol. The average molecular weight is 358 g/mol. The molecular formula is C22H22N4O. The number of nitrogens with one attached hydrogen (secondary N) is 2. The Kier molecular flexibility index (Phi) is 5.84. The van der Waals surface area contributed by atoms with Crippen molar-refractivity contribution >= 4 is 29.2 Å². The van der Waals surface area contributed by atoms with Gasteiger partial charge in [-0.3, -0.25) is 4.79 Å². The maximum atomic E-state index is 12.0. The van der Waals surface area contributed by atoms with Crippen LogP contribution < -0.4 is 16.4 Å². The monoisotopic (exact) mass is 358 g/mol. The molecule has 0 spiro atoms. The molecule has 0 fully saturated rings. The van der Waals surface area contributed by atoms with Gasteiger partial charge in [0.2, 0.25) is 5.91 Å². The van der Waals surface area contributed by atoms with Gasteiger partial charge in [-0.2, -0.15) is 0 Å². The van der Waals surface area contributed by atoms with E-state index in [4.69, 9.17) is 5.73 Å². The van der Waals surface area contributed by atoms with Crippen LogP contribution in [0.5, 0.6) is 0 Å². The molecule has 3 aromatic rings. The van der Waals surface area contributed by atoms with Crippen LogP contribution in [0, 0.1) is 6.92 Å². The summed E-state index contributed by atoms with van der Waals surface area (Å²) in [6.45, 7) is 2.78. The molecule has 0 unspecified atom stereocenters. The van der Waals surface area contributed by atoms with Gasteiger partial charge < -0.3 is 16.4 Å². The molecule has 0 aliphatic rings. The number of anilines is 3. The summed E-state index contributed by atoms with van der Waals surface area (Å²) >= 11 is 0. The molecule has 0 aliphatic carbocycles. The lowest BCUT2D eigenvalue weighted by atomic mass is 10.1. The maximum Gasteiger partial charge on any atom is 0.248 e. The lowest BCUT2D eigenvalue weighted by Gasteiger charge is -2.06. The number of hydrogen-bond donors (Lipinski definition) is 3. The third-order valence-corrected chi connectivity index (χ3v) is 4.03. The summed E-state index contributed by atoms with van der Waals surface area (Å²) in [4.78, 5) is 16.4. The molecule has 0 aliphatic heterocycles. The van der Waals surface area contributed by atoms with Gasteiger partial charge in [0.15, 0.2) is 0 Å². The van der Waals surface area contributed by atoms with E-state index < -0.39 is 0 Å². The van der Waals surface area contributed by atoms with E-state index in [-0.39, 0.29) is 5.91 Å².